The molecule has 0 radical (unpaired) electrons. The highest BCUT2D eigenvalue weighted by Crippen LogP contribution is 2.31. The van der Waals surface area contributed by atoms with Crippen molar-refractivity contribution in [2.24, 2.45) is 7.05 Å². The molecular weight excluding hydrogens is 339 g/mol. The lowest BCUT2D eigenvalue weighted by atomic mass is 9.97. The van der Waals surface area contributed by atoms with Crippen LogP contribution in [0, 0.1) is 20.8 Å². The lowest BCUT2D eigenvalue weighted by Gasteiger charge is -2.14. The van der Waals surface area contributed by atoms with E-state index in [1.165, 1.54) is 7.05 Å². The van der Waals surface area contributed by atoms with E-state index < -0.39 is 17.3 Å². The summed E-state index contributed by atoms with van der Waals surface area (Å²) in [5, 5.41) is 6.21. The molecule has 1 atom stereocenters. The fourth-order valence-corrected chi connectivity index (χ4v) is 3.20. The van der Waals surface area contributed by atoms with Gasteiger partial charge in [0.25, 0.3) is 0 Å². The van der Waals surface area contributed by atoms with Crippen molar-refractivity contribution in [2.45, 2.75) is 44.3 Å². The summed E-state index contributed by atoms with van der Waals surface area (Å²) in [6.07, 6.45) is -4.57. The Labute approximate surface area is 142 Å². The molecule has 2 aromatic rings. The molecule has 0 aliphatic carbocycles. The van der Waals surface area contributed by atoms with Crippen molar-refractivity contribution in [1.29, 1.82) is 0 Å². The highest BCUT2D eigenvalue weighted by atomic mass is 32.2. The Balaban J connectivity index is 2.25. The van der Waals surface area contributed by atoms with Crippen LogP contribution >= 0.6 is 11.8 Å². The van der Waals surface area contributed by atoms with Gasteiger partial charge in [0.05, 0.1) is 5.25 Å². The van der Waals surface area contributed by atoms with Gasteiger partial charge in [0.15, 0.2) is 10.9 Å². The highest BCUT2D eigenvalue weighted by molar-refractivity contribution is 8.00. The van der Waals surface area contributed by atoms with Crippen LogP contribution in [-0.2, 0) is 13.2 Å². The number of benzene rings is 1. The maximum Gasteiger partial charge on any atom is 0.451 e. The third-order valence-corrected chi connectivity index (χ3v) is 4.98. The zero-order valence-corrected chi connectivity index (χ0v) is 14.8. The fraction of sp³-hybridized carbons (Fsp3) is 0.438. The van der Waals surface area contributed by atoms with E-state index in [1.54, 1.807) is 6.92 Å². The van der Waals surface area contributed by atoms with E-state index in [-0.39, 0.29) is 10.9 Å². The second kappa shape index (κ2) is 6.58. The number of hydrogen-bond donors (Lipinski definition) is 0. The Morgan fingerprint density at radius 1 is 1.12 bits per heavy atom. The molecule has 0 amide bonds. The van der Waals surface area contributed by atoms with Crippen LogP contribution in [0.15, 0.2) is 17.3 Å². The predicted molar refractivity (Wildman–Crippen MR) is 86.3 cm³/mol. The van der Waals surface area contributed by atoms with Crippen molar-refractivity contribution in [3.8, 4) is 0 Å². The van der Waals surface area contributed by atoms with Crippen LogP contribution in [0.1, 0.15) is 39.8 Å². The SMILES string of the molecule is Cc1cc(C)c(C(=O)[C@@H](C)Sc2nnc(C(F)(F)F)n2C)cc1C. The minimum atomic E-state index is -4.57. The van der Waals surface area contributed by atoms with Crippen LogP contribution in [0.2, 0.25) is 0 Å². The van der Waals surface area contributed by atoms with E-state index in [0.717, 1.165) is 33.0 Å². The fourth-order valence-electron chi connectivity index (χ4n) is 2.32. The van der Waals surface area contributed by atoms with Crippen LogP contribution < -0.4 is 0 Å². The first-order chi connectivity index (χ1) is 11.0. The van der Waals surface area contributed by atoms with Gasteiger partial charge in [-0.05, 0) is 50.5 Å². The number of rotatable bonds is 4. The average molecular weight is 357 g/mol. The molecule has 0 aliphatic rings. The summed E-state index contributed by atoms with van der Waals surface area (Å²) >= 11 is 0.969. The summed E-state index contributed by atoms with van der Waals surface area (Å²) in [7, 11) is 1.24. The topological polar surface area (TPSA) is 47.8 Å². The summed E-state index contributed by atoms with van der Waals surface area (Å²) in [5.41, 5.74) is 3.52. The molecule has 1 aromatic heterocycles. The Hall–Kier alpha value is -1.83. The Kier molecular flexibility index (Phi) is 5.08. The maximum absolute atomic E-state index is 12.8. The minimum absolute atomic E-state index is 0.0599. The van der Waals surface area contributed by atoms with Gasteiger partial charge in [0.2, 0.25) is 5.82 Å². The number of halogens is 3. The van der Waals surface area contributed by atoms with Crippen LogP contribution in [0.5, 0.6) is 0 Å². The zero-order valence-electron chi connectivity index (χ0n) is 14.0. The van der Waals surface area contributed by atoms with Gasteiger partial charge in [0, 0.05) is 12.6 Å². The lowest BCUT2D eigenvalue weighted by molar-refractivity contribution is -0.147. The molecular formula is C16H18F3N3OS. The molecule has 0 aliphatic heterocycles. The number of carbonyl (C=O) groups is 1. The number of Topliss-reactive ketones (excluding diaryl/α,β-unsaturated/α-hetero) is 1. The Bertz CT molecular complexity index is 784. The van der Waals surface area contributed by atoms with Crippen LogP contribution in [0.25, 0.3) is 0 Å². The summed E-state index contributed by atoms with van der Waals surface area (Å²) in [4.78, 5) is 12.6. The first kappa shape index (κ1) is 18.5. The molecule has 24 heavy (non-hydrogen) atoms. The predicted octanol–water partition coefficient (Wildman–Crippen LogP) is 4.12. The van der Waals surface area contributed by atoms with Gasteiger partial charge >= 0.3 is 6.18 Å². The average Bonchev–Trinajstić information content (AvgIpc) is 2.83. The number of thioether (sulfide) groups is 1. The van der Waals surface area contributed by atoms with Crippen molar-refractivity contribution in [3.63, 3.8) is 0 Å². The first-order valence-corrected chi connectivity index (χ1v) is 8.15. The van der Waals surface area contributed by atoms with E-state index in [0.29, 0.717) is 5.56 Å². The number of hydrogen-bond acceptors (Lipinski definition) is 4. The Morgan fingerprint density at radius 2 is 1.71 bits per heavy atom. The maximum atomic E-state index is 12.8. The summed E-state index contributed by atoms with van der Waals surface area (Å²) in [6.45, 7) is 7.39. The molecule has 0 fully saturated rings. The number of ketones is 1. The van der Waals surface area contributed by atoms with Crippen LogP contribution in [0.3, 0.4) is 0 Å². The summed E-state index contributed by atoms with van der Waals surface area (Å²) in [5.74, 6) is -1.22. The zero-order chi connectivity index (χ0) is 18.2. The molecule has 0 saturated carbocycles. The largest absolute Gasteiger partial charge is 0.451 e. The number of aryl methyl sites for hydroxylation is 3. The summed E-state index contributed by atoms with van der Waals surface area (Å²) in [6, 6.07) is 3.76. The van der Waals surface area contributed by atoms with Crippen molar-refractivity contribution in [2.75, 3.05) is 0 Å². The molecule has 0 N–H and O–H groups in total. The molecule has 0 bridgehead atoms. The highest BCUT2D eigenvalue weighted by Gasteiger charge is 2.38. The lowest BCUT2D eigenvalue weighted by Crippen LogP contribution is -2.17. The van der Waals surface area contributed by atoms with Gasteiger partial charge in [0.1, 0.15) is 0 Å². The van der Waals surface area contributed by atoms with Gasteiger partial charge < -0.3 is 4.57 Å². The molecule has 130 valence electrons. The number of nitrogens with zero attached hydrogens (tertiary/aromatic N) is 3. The van der Waals surface area contributed by atoms with Gasteiger partial charge in [-0.25, -0.2) is 0 Å². The van der Waals surface area contributed by atoms with Crippen molar-refractivity contribution in [1.82, 2.24) is 14.8 Å². The van der Waals surface area contributed by atoms with Gasteiger partial charge in [-0.1, -0.05) is 17.8 Å². The molecule has 8 heteroatoms. The van der Waals surface area contributed by atoms with E-state index in [4.69, 9.17) is 0 Å². The monoisotopic (exact) mass is 357 g/mol. The molecule has 4 nitrogen and oxygen atoms in total. The molecule has 0 spiro atoms. The third kappa shape index (κ3) is 3.63. The molecule has 0 saturated heterocycles. The standard InChI is InChI=1S/C16H18F3N3OS/c1-8-6-10(3)12(7-9(8)2)13(23)11(4)24-15-21-20-14(22(15)5)16(17,18)19/h6-7,11H,1-5H3/t11-/m1/s1. The van der Waals surface area contributed by atoms with Gasteiger partial charge in [-0.3, -0.25) is 4.79 Å². The minimum Gasteiger partial charge on any atom is -0.302 e. The van der Waals surface area contributed by atoms with E-state index in [1.807, 2.05) is 32.9 Å². The number of alkyl halides is 3. The molecule has 1 heterocycles. The van der Waals surface area contributed by atoms with Crippen molar-refractivity contribution >= 4 is 17.5 Å². The molecule has 1 aromatic carbocycles. The van der Waals surface area contributed by atoms with E-state index in [2.05, 4.69) is 10.2 Å². The first-order valence-electron chi connectivity index (χ1n) is 7.27. The van der Waals surface area contributed by atoms with Crippen molar-refractivity contribution < 1.29 is 18.0 Å². The van der Waals surface area contributed by atoms with E-state index >= 15 is 0 Å². The van der Waals surface area contributed by atoms with Crippen LogP contribution in [-0.4, -0.2) is 25.8 Å². The molecule has 2 rings (SSSR count). The van der Waals surface area contributed by atoms with E-state index in [9.17, 15) is 18.0 Å². The number of aromatic nitrogens is 3. The second-order valence-electron chi connectivity index (χ2n) is 5.74. The quantitative estimate of drug-likeness (QED) is 0.610. The second-order valence-corrected chi connectivity index (χ2v) is 7.05. The molecule has 0 unspecified atom stereocenters. The number of carbonyl (C=O) groups excluding carboxylic acids is 1. The third-order valence-electron chi connectivity index (χ3n) is 3.85. The normalized spacial score (nSPS) is 13.2. The van der Waals surface area contributed by atoms with Crippen molar-refractivity contribution in [3.05, 3.63) is 40.2 Å². The Morgan fingerprint density at radius 3 is 2.25 bits per heavy atom. The summed E-state index contributed by atoms with van der Waals surface area (Å²) < 4.78 is 39.1. The smallest absolute Gasteiger partial charge is 0.302 e. The van der Waals surface area contributed by atoms with Gasteiger partial charge in [-0.2, -0.15) is 13.2 Å². The van der Waals surface area contributed by atoms with Gasteiger partial charge in [-0.15, -0.1) is 10.2 Å². The van der Waals surface area contributed by atoms with Crippen LogP contribution in [0.4, 0.5) is 13.2 Å².